The Balaban J connectivity index is 1.35. The molecule has 0 aromatic heterocycles. The SMILES string of the molecule is C[C@H]1[C@H](C)CC[C@]2(C(=O)O)CC[C@]3(C(=O)O)C(=CC[C@@H]4[C@@]5(C)CC[C@H](O[C@@H]6O[C@H](C)[C@H](O)[C@H](O)[C@H]6O)C(C)(C)C5CC[C@]43C)[C@H]12. The van der Waals surface area contributed by atoms with Crippen LogP contribution in [0, 0.1) is 56.7 Å². The van der Waals surface area contributed by atoms with Crippen LogP contribution in [-0.4, -0.2) is 74.3 Å². The van der Waals surface area contributed by atoms with Gasteiger partial charge >= 0.3 is 11.9 Å². The molecule has 0 amide bonds. The lowest BCUT2D eigenvalue weighted by atomic mass is 9.33. The smallest absolute Gasteiger partial charge is 0.314 e. The highest BCUT2D eigenvalue weighted by Crippen LogP contribution is 2.76. The van der Waals surface area contributed by atoms with Gasteiger partial charge in [0.25, 0.3) is 0 Å². The quantitative estimate of drug-likeness (QED) is 0.213. The van der Waals surface area contributed by atoms with Crippen molar-refractivity contribution in [2.24, 2.45) is 56.7 Å². The molecule has 1 aliphatic heterocycles. The summed E-state index contributed by atoms with van der Waals surface area (Å²) in [6, 6.07) is 0. The normalized spacial score (nSPS) is 54.0. The number of rotatable bonds is 4. The van der Waals surface area contributed by atoms with Crippen molar-refractivity contribution in [1.82, 2.24) is 0 Å². The van der Waals surface area contributed by atoms with Crippen LogP contribution in [0.2, 0.25) is 0 Å². The zero-order chi connectivity index (χ0) is 33.1. The van der Waals surface area contributed by atoms with Gasteiger partial charge in [-0.1, -0.05) is 53.2 Å². The molecule has 5 fully saturated rings. The molecule has 0 aromatic carbocycles. The predicted octanol–water partition coefficient (Wildman–Crippen LogP) is 5.01. The topological polar surface area (TPSA) is 154 Å². The molecule has 0 bridgehead atoms. The first kappa shape index (κ1) is 33.4. The van der Waals surface area contributed by atoms with E-state index in [1.807, 2.05) is 0 Å². The van der Waals surface area contributed by atoms with Gasteiger partial charge in [-0.2, -0.15) is 0 Å². The fraction of sp³-hybridized carbons (Fsp3) is 0.889. The lowest BCUT2D eigenvalue weighted by Crippen LogP contribution is -2.68. The van der Waals surface area contributed by atoms with E-state index in [4.69, 9.17) is 9.47 Å². The number of aliphatic hydroxyl groups excluding tert-OH is 3. The van der Waals surface area contributed by atoms with Crippen LogP contribution < -0.4 is 0 Å². The maximum Gasteiger partial charge on any atom is 0.314 e. The standard InChI is InChI=1S/C36H56O9/c1-18-10-15-35(30(40)41)16-17-36(31(42)43)21(25(35)19(18)2)8-9-23-33(6)13-12-24(32(4,5)22(33)11-14-34(23,36)7)45-29-28(39)27(38)26(37)20(3)44-29/h8,18-20,22-29,37-39H,9-17H2,1-7H3,(H,40,41)(H,42,43)/t18-,19+,20-,22?,23-,24+,25+,26+,27+,28-,29+,33+,34-,35+,36-/m1/s1. The number of aliphatic hydroxyl groups is 3. The fourth-order valence-electron chi connectivity index (χ4n) is 12.5. The Hall–Kier alpha value is -1.52. The summed E-state index contributed by atoms with van der Waals surface area (Å²) in [5.41, 5.74) is -2.13. The first-order chi connectivity index (χ1) is 20.9. The van der Waals surface area contributed by atoms with E-state index < -0.39 is 58.9 Å². The van der Waals surface area contributed by atoms with E-state index in [9.17, 15) is 35.1 Å². The molecule has 0 spiro atoms. The summed E-state index contributed by atoms with van der Waals surface area (Å²) in [6.07, 6.45) is 2.36. The Morgan fingerprint density at radius 2 is 1.51 bits per heavy atom. The zero-order valence-electron chi connectivity index (χ0n) is 28.2. The molecule has 1 unspecified atom stereocenters. The molecule has 1 heterocycles. The average molecular weight is 633 g/mol. The average Bonchev–Trinajstić information content (AvgIpc) is 2.97. The first-order valence-electron chi connectivity index (χ1n) is 17.4. The fourth-order valence-corrected chi connectivity index (χ4v) is 12.5. The number of ether oxygens (including phenoxy) is 2. The number of carboxylic acids is 2. The molecular formula is C36H56O9. The summed E-state index contributed by atoms with van der Waals surface area (Å²) in [7, 11) is 0. The Morgan fingerprint density at radius 1 is 0.822 bits per heavy atom. The molecule has 6 aliphatic rings. The Kier molecular flexibility index (Phi) is 7.97. The summed E-state index contributed by atoms with van der Waals surface area (Å²) in [4.78, 5) is 26.8. The minimum absolute atomic E-state index is 0.0958. The van der Waals surface area contributed by atoms with Crippen molar-refractivity contribution >= 4 is 11.9 Å². The van der Waals surface area contributed by atoms with Gasteiger partial charge < -0.3 is 35.0 Å². The van der Waals surface area contributed by atoms with Gasteiger partial charge in [0.1, 0.15) is 18.3 Å². The monoisotopic (exact) mass is 632 g/mol. The molecule has 5 N–H and O–H groups in total. The van der Waals surface area contributed by atoms with Crippen molar-refractivity contribution in [3.63, 3.8) is 0 Å². The maximum absolute atomic E-state index is 13.8. The van der Waals surface area contributed by atoms with Crippen molar-refractivity contribution in [2.75, 3.05) is 0 Å². The van der Waals surface area contributed by atoms with E-state index in [0.29, 0.717) is 31.6 Å². The molecule has 5 aliphatic carbocycles. The van der Waals surface area contributed by atoms with Gasteiger partial charge in [-0.05, 0) is 111 Å². The Labute approximate surface area is 267 Å². The van der Waals surface area contributed by atoms with E-state index in [1.165, 1.54) is 0 Å². The zero-order valence-corrected chi connectivity index (χ0v) is 28.2. The van der Waals surface area contributed by atoms with Crippen LogP contribution in [0.3, 0.4) is 0 Å². The largest absolute Gasteiger partial charge is 0.481 e. The second-order valence-corrected chi connectivity index (χ2v) is 17.2. The van der Waals surface area contributed by atoms with Crippen LogP contribution >= 0.6 is 0 Å². The van der Waals surface area contributed by atoms with Crippen LogP contribution in [0.25, 0.3) is 0 Å². The second kappa shape index (κ2) is 10.7. The summed E-state index contributed by atoms with van der Waals surface area (Å²) < 4.78 is 12.3. The Bertz CT molecular complexity index is 1250. The van der Waals surface area contributed by atoms with Gasteiger partial charge in [-0.25, -0.2) is 0 Å². The van der Waals surface area contributed by atoms with Crippen LogP contribution in [-0.2, 0) is 19.1 Å². The van der Waals surface area contributed by atoms with Gasteiger partial charge in [-0.15, -0.1) is 0 Å². The summed E-state index contributed by atoms with van der Waals surface area (Å²) in [6.45, 7) is 15.0. The maximum atomic E-state index is 13.8. The van der Waals surface area contributed by atoms with Crippen molar-refractivity contribution in [2.45, 2.75) is 143 Å². The summed E-state index contributed by atoms with van der Waals surface area (Å²) >= 11 is 0. The van der Waals surface area contributed by atoms with Gasteiger partial charge in [-0.3, -0.25) is 9.59 Å². The first-order valence-corrected chi connectivity index (χ1v) is 17.4. The molecule has 254 valence electrons. The van der Waals surface area contributed by atoms with Crippen molar-refractivity contribution in [3.8, 4) is 0 Å². The molecule has 45 heavy (non-hydrogen) atoms. The number of aliphatic carboxylic acids is 2. The lowest BCUT2D eigenvalue weighted by molar-refractivity contribution is -0.324. The molecule has 9 heteroatoms. The molecule has 6 rings (SSSR count). The lowest BCUT2D eigenvalue weighted by Gasteiger charge is -2.70. The highest BCUT2D eigenvalue weighted by Gasteiger charge is 2.73. The minimum Gasteiger partial charge on any atom is -0.481 e. The van der Waals surface area contributed by atoms with Crippen molar-refractivity contribution in [3.05, 3.63) is 11.6 Å². The molecule has 15 atom stereocenters. The van der Waals surface area contributed by atoms with Gasteiger partial charge in [0.15, 0.2) is 6.29 Å². The molecular weight excluding hydrogens is 576 g/mol. The van der Waals surface area contributed by atoms with E-state index in [2.05, 4.69) is 47.6 Å². The number of fused-ring (bicyclic) bond motifs is 7. The molecule has 4 saturated carbocycles. The van der Waals surface area contributed by atoms with Crippen LogP contribution in [0.5, 0.6) is 0 Å². The van der Waals surface area contributed by atoms with Crippen LogP contribution in [0.15, 0.2) is 11.6 Å². The van der Waals surface area contributed by atoms with Crippen molar-refractivity contribution in [1.29, 1.82) is 0 Å². The third kappa shape index (κ3) is 4.28. The Morgan fingerprint density at radius 3 is 2.16 bits per heavy atom. The van der Waals surface area contributed by atoms with Gasteiger partial charge in [0.05, 0.1) is 23.0 Å². The number of allylic oxidation sites excluding steroid dienone is 1. The highest BCUT2D eigenvalue weighted by molar-refractivity contribution is 5.84. The molecule has 9 nitrogen and oxygen atoms in total. The number of carbonyl (C=O) groups is 2. The summed E-state index contributed by atoms with van der Waals surface area (Å²) in [5, 5.41) is 53.2. The second-order valence-electron chi connectivity index (χ2n) is 17.2. The van der Waals surface area contributed by atoms with Gasteiger partial charge in [0.2, 0.25) is 0 Å². The molecule has 1 saturated heterocycles. The summed E-state index contributed by atoms with van der Waals surface area (Å²) in [5.74, 6) is -1.08. The number of hydrogen-bond donors (Lipinski definition) is 5. The van der Waals surface area contributed by atoms with E-state index in [0.717, 1.165) is 37.7 Å². The number of carboxylic acid groups (broad SMARTS) is 2. The van der Waals surface area contributed by atoms with Crippen LogP contribution in [0.1, 0.15) is 106 Å². The molecule has 0 radical (unpaired) electrons. The number of hydrogen-bond acceptors (Lipinski definition) is 7. The third-order valence-electron chi connectivity index (χ3n) is 15.3. The van der Waals surface area contributed by atoms with Crippen LogP contribution in [0.4, 0.5) is 0 Å². The van der Waals surface area contributed by atoms with E-state index in [1.54, 1.807) is 6.92 Å². The minimum atomic E-state index is -1.36. The predicted molar refractivity (Wildman–Crippen MR) is 166 cm³/mol. The third-order valence-corrected chi connectivity index (χ3v) is 15.3. The van der Waals surface area contributed by atoms with Crippen molar-refractivity contribution < 1.29 is 44.6 Å². The van der Waals surface area contributed by atoms with E-state index in [-0.39, 0.29) is 40.6 Å². The van der Waals surface area contributed by atoms with E-state index >= 15 is 0 Å². The highest BCUT2D eigenvalue weighted by atomic mass is 16.7. The molecule has 0 aromatic rings. The van der Waals surface area contributed by atoms with Gasteiger partial charge in [0, 0.05) is 0 Å².